The maximum atomic E-state index is 12.3. The van der Waals surface area contributed by atoms with E-state index in [9.17, 15) is 4.39 Å². The molecule has 0 unspecified atom stereocenters. The van der Waals surface area contributed by atoms with Crippen molar-refractivity contribution in [2.24, 2.45) is 5.73 Å². The van der Waals surface area contributed by atoms with Gasteiger partial charge >= 0.3 is 0 Å². The number of aryl methyl sites for hydroxylation is 1. The molecule has 0 aliphatic carbocycles. The van der Waals surface area contributed by atoms with Gasteiger partial charge in [0, 0.05) is 6.04 Å². The number of rotatable bonds is 3. The zero-order valence-electron chi connectivity index (χ0n) is 9.41. The molecule has 0 aromatic heterocycles. The Morgan fingerprint density at radius 3 is 2.50 bits per heavy atom. The normalized spacial score (nSPS) is 12.9. The van der Waals surface area contributed by atoms with Crippen molar-refractivity contribution < 1.29 is 4.39 Å². The molecule has 0 fully saturated rings. The van der Waals surface area contributed by atoms with Crippen LogP contribution in [-0.4, -0.2) is 6.67 Å². The van der Waals surface area contributed by atoms with Crippen LogP contribution in [0.4, 0.5) is 4.39 Å². The van der Waals surface area contributed by atoms with E-state index < -0.39 is 0 Å². The van der Waals surface area contributed by atoms with Crippen LogP contribution < -0.4 is 5.73 Å². The SMILES string of the molecule is Cc1ccc([C@@H](N)CCF)c2ccccc12. The van der Waals surface area contributed by atoms with Gasteiger partial charge in [0.25, 0.3) is 0 Å². The van der Waals surface area contributed by atoms with Crippen molar-refractivity contribution in [1.29, 1.82) is 0 Å². The van der Waals surface area contributed by atoms with Gasteiger partial charge in [-0.25, -0.2) is 0 Å². The molecular formula is C14H16FN. The van der Waals surface area contributed by atoms with Gasteiger partial charge in [0.1, 0.15) is 0 Å². The second-order valence-electron chi connectivity index (χ2n) is 4.10. The maximum Gasteiger partial charge on any atom is 0.0912 e. The van der Waals surface area contributed by atoms with E-state index in [2.05, 4.69) is 25.1 Å². The van der Waals surface area contributed by atoms with E-state index in [1.807, 2.05) is 18.2 Å². The van der Waals surface area contributed by atoms with E-state index in [0.29, 0.717) is 6.42 Å². The largest absolute Gasteiger partial charge is 0.324 e. The van der Waals surface area contributed by atoms with Gasteiger partial charge in [0.2, 0.25) is 0 Å². The molecule has 2 N–H and O–H groups in total. The molecule has 0 aliphatic rings. The summed E-state index contributed by atoms with van der Waals surface area (Å²) < 4.78 is 12.3. The van der Waals surface area contributed by atoms with Crippen LogP contribution in [0.25, 0.3) is 10.8 Å². The molecule has 0 radical (unpaired) electrons. The first-order valence-corrected chi connectivity index (χ1v) is 5.54. The Morgan fingerprint density at radius 1 is 1.12 bits per heavy atom. The molecule has 2 heteroatoms. The van der Waals surface area contributed by atoms with Gasteiger partial charge < -0.3 is 5.73 Å². The summed E-state index contributed by atoms with van der Waals surface area (Å²) >= 11 is 0. The summed E-state index contributed by atoms with van der Waals surface area (Å²) in [7, 11) is 0. The molecule has 0 amide bonds. The minimum Gasteiger partial charge on any atom is -0.324 e. The minimum atomic E-state index is -0.372. The number of hydrogen-bond donors (Lipinski definition) is 1. The molecule has 1 atom stereocenters. The molecule has 0 bridgehead atoms. The van der Waals surface area contributed by atoms with Gasteiger partial charge in [-0.1, -0.05) is 36.4 Å². The smallest absolute Gasteiger partial charge is 0.0912 e. The molecule has 2 aromatic carbocycles. The summed E-state index contributed by atoms with van der Waals surface area (Å²) in [6, 6.07) is 12.0. The Balaban J connectivity index is 2.58. The highest BCUT2D eigenvalue weighted by molar-refractivity contribution is 5.88. The number of hydrogen-bond acceptors (Lipinski definition) is 1. The lowest BCUT2D eigenvalue weighted by Crippen LogP contribution is -2.11. The van der Waals surface area contributed by atoms with E-state index in [1.54, 1.807) is 0 Å². The van der Waals surface area contributed by atoms with Crippen molar-refractivity contribution in [3.05, 3.63) is 47.5 Å². The third kappa shape index (κ3) is 1.93. The topological polar surface area (TPSA) is 26.0 Å². The highest BCUT2D eigenvalue weighted by Gasteiger charge is 2.10. The molecule has 84 valence electrons. The van der Waals surface area contributed by atoms with Crippen LogP contribution in [0.5, 0.6) is 0 Å². The third-order valence-electron chi connectivity index (χ3n) is 3.00. The average Bonchev–Trinajstić information content (AvgIpc) is 2.30. The summed E-state index contributed by atoms with van der Waals surface area (Å²) in [5.41, 5.74) is 8.25. The summed E-state index contributed by atoms with van der Waals surface area (Å²) in [5, 5.41) is 2.35. The first-order chi connectivity index (χ1) is 7.74. The number of benzene rings is 2. The van der Waals surface area contributed by atoms with Gasteiger partial charge in [-0.15, -0.1) is 0 Å². The minimum absolute atomic E-state index is 0.213. The Morgan fingerprint density at radius 2 is 1.81 bits per heavy atom. The Labute approximate surface area is 95.1 Å². The van der Waals surface area contributed by atoms with Crippen LogP contribution in [-0.2, 0) is 0 Å². The predicted octanol–water partition coefficient (Wildman–Crippen LogP) is 3.51. The zero-order valence-corrected chi connectivity index (χ0v) is 9.41. The van der Waals surface area contributed by atoms with Gasteiger partial charge in [-0.3, -0.25) is 4.39 Å². The molecule has 2 aromatic rings. The van der Waals surface area contributed by atoms with E-state index in [-0.39, 0.29) is 12.7 Å². The Bertz CT molecular complexity index is 493. The number of alkyl halides is 1. The summed E-state index contributed by atoms with van der Waals surface area (Å²) in [5.74, 6) is 0. The summed E-state index contributed by atoms with van der Waals surface area (Å²) in [4.78, 5) is 0. The number of halogens is 1. The molecule has 0 saturated heterocycles. The predicted molar refractivity (Wildman–Crippen MR) is 66.2 cm³/mol. The number of fused-ring (bicyclic) bond motifs is 1. The molecule has 0 heterocycles. The van der Waals surface area contributed by atoms with Crippen LogP contribution in [0.3, 0.4) is 0 Å². The molecular weight excluding hydrogens is 201 g/mol. The fraction of sp³-hybridized carbons (Fsp3) is 0.286. The fourth-order valence-corrected chi connectivity index (χ4v) is 2.07. The molecule has 0 spiro atoms. The number of nitrogens with two attached hydrogens (primary N) is 1. The molecule has 16 heavy (non-hydrogen) atoms. The first kappa shape index (κ1) is 11.1. The third-order valence-corrected chi connectivity index (χ3v) is 3.00. The van der Waals surface area contributed by atoms with Crippen LogP contribution >= 0.6 is 0 Å². The lowest BCUT2D eigenvalue weighted by Gasteiger charge is -2.14. The fourth-order valence-electron chi connectivity index (χ4n) is 2.07. The van der Waals surface area contributed by atoms with Gasteiger partial charge in [0.15, 0.2) is 0 Å². The standard InChI is InChI=1S/C14H16FN/c1-10-6-7-13(14(16)8-9-15)12-5-3-2-4-11(10)12/h2-7,14H,8-9,16H2,1H3/t14-/m0/s1. The average molecular weight is 217 g/mol. The Kier molecular flexibility index (Phi) is 3.20. The van der Waals surface area contributed by atoms with Crippen LogP contribution in [0.15, 0.2) is 36.4 Å². The van der Waals surface area contributed by atoms with Crippen LogP contribution in [0, 0.1) is 6.92 Å². The zero-order chi connectivity index (χ0) is 11.5. The van der Waals surface area contributed by atoms with Gasteiger partial charge in [0.05, 0.1) is 6.67 Å². The molecule has 1 nitrogen and oxygen atoms in total. The highest BCUT2D eigenvalue weighted by Crippen LogP contribution is 2.27. The van der Waals surface area contributed by atoms with Crippen LogP contribution in [0.2, 0.25) is 0 Å². The van der Waals surface area contributed by atoms with Crippen LogP contribution in [0.1, 0.15) is 23.6 Å². The van der Waals surface area contributed by atoms with Gasteiger partial charge in [-0.2, -0.15) is 0 Å². The van der Waals surface area contributed by atoms with Crippen molar-refractivity contribution in [3.63, 3.8) is 0 Å². The maximum absolute atomic E-state index is 12.3. The Hall–Kier alpha value is -1.41. The first-order valence-electron chi connectivity index (χ1n) is 5.54. The van der Waals surface area contributed by atoms with Crippen molar-refractivity contribution >= 4 is 10.8 Å². The molecule has 2 rings (SSSR count). The van der Waals surface area contributed by atoms with Crippen molar-refractivity contribution in [2.75, 3.05) is 6.67 Å². The quantitative estimate of drug-likeness (QED) is 0.836. The van der Waals surface area contributed by atoms with Crippen molar-refractivity contribution in [3.8, 4) is 0 Å². The molecule has 0 aliphatic heterocycles. The second kappa shape index (κ2) is 4.62. The van der Waals surface area contributed by atoms with E-state index in [4.69, 9.17) is 5.73 Å². The lowest BCUT2D eigenvalue weighted by atomic mass is 9.95. The summed E-state index contributed by atoms with van der Waals surface area (Å²) in [6.07, 6.45) is 0.382. The van der Waals surface area contributed by atoms with Crippen molar-refractivity contribution in [2.45, 2.75) is 19.4 Å². The lowest BCUT2D eigenvalue weighted by molar-refractivity contribution is 0.443. The van der Waals surface area contributed by atoms with E-state index >= 15 is 0 Å². The van der Waals surface area contributed by atoms with E-state index in [1.165, 1.54) is 10.9 Å². The monoisotopic (exact) mass is 217 g/mol. The summed E-state index contributed by atoms with van der Waals surface area (Å²) in [6.45, 7) is 1.70. The highest BCUT2D eigenvalue weighted by atomic mass is 19.1. The van der Waals surface area contributed by atoms with Crippen molar-refractivity contribution in [1.82, 2.24) is 0 Å². The molecule has 0 saturated carbocycles. The second-order valence-corrected chi connectivity index (χ2v) is 4.10. The van der Waals surface area contributed by atoms with Gasteiger partial charge in [-0.05, 0) is 35.2 Å². The van der Waals surface area contributed by atoms with E-state index in [0.717, 1.165) is 10.9 Å².